The van der Waals surface area contributed by atoms with Crippen molar-refractivity contribution in [3.63, 3.8) is 0 Å². The topological polar surface area (TPSA) is 98.0 Å². The molecule has 0 aromatic carbocycles. The highest BCUT2D eigenvalue weighted by Crippen LogP contribution is 2.20. The smallest absolute Gasteiger partial charge is 0.323 e. The number of nitrogens with zero attached hydrogens (tertiary/aromatic N) is 3. The Bertz CT molecular complexity index is 406. The molecule has 0 aliphatic heterocycles. The van der Waals surface area contributed by atoms with Gasteiger partial charge in [0.25, 0.3) is 0 Å². The fourth-order valence-corrected chi connectivity index (χ4v) is 2.35. The first-order chi connectivity index (χ1) is 9.81. The van der Waals surface area contributed by atoms with Gasteiger partial charge in [-0.25, -0.2) is 5.84 Å². The molecule has 0 spiro atoms. The molecule has 1 saturated carbocycles. The number of ether oxygens (including phenoxy) is 1. The molecule has 0 saturated heterocycles. The number of nitrogens with one attached hydrogen (secondary N) is 2. The molecule has 0 unspecified atom stereocenters. The lowest BCUT2D eigenvalue weighted by Gasteiger charge is -2.16. The van der Waals surface area contributed by atoms with Crippen LogP contribution in [0.25, 0.3) is 0 Å². The fraction of sp³-hybridized carbons (Fsp3) is 0.769. The summed E-state index contributed by atoms with van der Waals surface area (Å²) in [6, 6.07) is 0.732. The van der Waals surface area contributed by atoms with E-state index in [1.54, 1.807) is 0 Å². The van der Waals surface area contributed by atoms with Crippen LogP contribution in [0, 0.1) is 0 Å². The van der Waals surface area contributed by atoms with E-state index in [9.17, 15) is 0 Å². The van der Waals surface area contributed by atoms with Crippen LogP contribution >= 0.6 is 0 Å². The van der Waals surface area contributed by atoms with Gasteiger partial charge in [0, 0.05) is 6.04 Å². The van der Waals surface area contributed by atoms with Gasteiger partial charge in [-0.2, -0.15) is 15.0 Å². The van der Waals surface area contributed by atoms with Crippen LogP contribution < -0.4 is 21.3 Å². The summed E-state index contributed by atoms with van der Waals surface area (Å²) in [5.41, 5.74) is 2.45. The molecule has 20 heavy (non-hydrogen) atoms. The Hall–Kier alpha value is -1.63. The Balaban J connectivity index is 2.04. The van der Waals surface area contributed by atoms with Crippen molar-refractivity contribution in [2.24, 2.45) is 5.84 Å². The Morgan fingerprint density at radius 3 is 2.45 bits per heavy atom. The highest BCUT2D eigenvalue weighted by Gasteiger charge is 2.14. The van der Waals surface area contributed by atoms with E-state index in [0.29, 0.717) is 30.6 Å². The number of nitrogen functional groups attached to an aromatic ring is 1. The van der Waals surface area contributed by atoms with Crippen LogP contribution in [0.3, 0.4) is 0 Å². The molecule has 7 nitrogen and oxygen atoms in total. The number of hydrazine groups is 1. The third-order valence-corrected chi connectivity index (χ3v) is 3.37. The third kappa shape index (κ3) is 4.48. The number of rotatable bonds is 6. The van der Waals surface area contributed by atoms with Gasteiger partial charge in [0.2, 0.25) is 11.9 Å². The first-order valence-electron chi connectivity index (χ1n) is 7.44. The standard InChI is InChI=1S/C13H24N6O/c1-2-9-20-13-17-11(16-12(18-13)19-14)15-10-7-5-3-4-6-8-10/h10H,2-9,14H2,1H3,(H2,15,16,17,18,19). The molecule has 1 aliphatic rings. The van der Waals surface area contributed by atoms with Crippen LogP contribution in [0.5, 0.6) is 6.01 Å². The van der Waals surface area contributed by atoms with Crippen LogP contribution in [0.15, 0.2) is 0 Å². The number of hydrogen-bond donors (Lipinski definition) is 3. The third-order valence-electron chi connectivity index (χ3n) is 3.37. The molecule has 0 atom stereocenters. The van der Waals surface area contributed by atoms with Crippen molar-refractivity contribution in [3.05, 3.63) is 0 Å². The van der Waals surface area contributed by atoms with Crippen molar-refractivity contribution in [3.8, 4) is 6.01 Å². The first kappa shape index (κ1) is 14.8. The Morgan fingerprint density at radius 2 is 1.80 bits per heavy atom. The number of anilines is 2. The van der Waals surface area contributed by atoms with E-state index < -0.39 is 0 Å². The van der Waals surface area contributed by atoms with Crippen molar-refractivity contribution >= 4 is 11.9 Å². The number of nitrogens with two attached hydrogens (primary N) is 1. The highest BCUT2D eigenvalue weighted by atomic mass is 16.5. The molecule has 4 N–H and O–H groups in total. The van der Waals surface area contributed by atoms with Gasteiger partial charge in [-0.3, -0.25) is 5.43 Å². The Kier molecular flexibility index (Phi) is 5.79. The molecular weight excluding hydrogens is 256 g/mol. The van der Waals surface area contributed by atoms with E-state index in [-0.39, 0.29) is 0 Å². The van der Waals surface area contributed by atoms with E-state index in [1.165, 1.54) is 25.7 Å². The molecule has 2 rings (SSSR count). The maximum atomic E-state index is 5.45. The average Bonchev–Trinajstić information content (AvgIpc) is 2.73. The predicted octanol–water partition coefficient (Wildman–Crippen LogP) is 2.08. The highest BCUT2D eigenvalue weighted by molar-refractivity contribution is 5.35. The Labute approximate surface area is 119 Å². The summed E-state index contributed by atoms with van der Waals surface area (Å²) in [7, 11) is 0. The fourth-order valence-electron chi connectivity index (χ4n) is 2.35. The number of hydrogen-bond acceptors (Lipinski definition) is 7. The lowest BCUT2D eigenvalue weighted by molar-refractivity contribution is 0.292. The van der Waals surface area contributed by atoms with Gasteiger partial charge < -0.3 is 10.1 Å². The van der Waals surface area contributed by atoms with E-state index >= 15 is 0 Å². The van der Waals surface area contributed by atoms with Crippen LogP contribution in [0.4, 0.5) is 11.9 Å². The molecule has 112 valence electrons. The van der Waals surface area contributed by atoms with Crippen LogP contribution in [-0.4, -0.2) is 27.6 Å². The summed E-state index contributed by atoms with van der Waals surface area (Å²) >= 11 is 0. The molecule has 1 aliphatic carbocycles. The molecule has 1 fully saturated rings. The van der Waals surface area contributed by atoms with Gasteiger partial charge in [-0.1, -0.05) is 32.6 Å². The lowest BCUT2D eigenvalue weighted by Crippen LogP contribution is -2.21. The summed E-state index contributed by atoms with van der Waals surface area (Å²) in [5.74, 6) is 6.24. The second-order valence-corrected chi connectivity index (χ2v) is 5.09. The molecule has 7 heteroatoms. The van der Waals surface area contributed by atoms with E-state index in [1.807, 2.05) is 6.92 Å². The minimum Gasteiger partial charge on any atom is -0.463 e. The van der Waals surface area contributed by atoms with Gasteiger partial charge >= 0.3 is 6.01 Å². The van der Waals surface area contributed by atoms with Gasteiger partial charge in [0.15, 0.2) is 0 Å². The van der Waals surface area contributed by atoms with Crippen LogP contribution in [0.2, 0.25) is 0 Å². The van der Waals surface area contributed by atoms with Crippen molar-refractivity contribution in [1.82, 2.24) is 15.0 Å². The van der Waals surface area contributed by atoms with E-state index in [0.717, 1.165) is 19.3 Å². The molecular formula is C13H24N6O. The van der Waals surface area contributed by atoms with E-state index in [4.69, 9.17) is 10.6 Å². The predicted molar refractivity (Wildman–Crippen MR) is 78.5 cm³/mol. The first-order valence-corrected chi connectivity index (χ1v) is 7.44. The minimum atomic E-state index is 0.311. The SMILES string of the molecule is CCCOc1nc(NN)nc(NC2CCCCCC2)n1. The zero-order chi connectivity index (χ0) is 14.2. The van der Waals surface area contributed by atoms with Gasteiger partial charge in [0.05, 0.1) is 6.61 Å². The van der Waals surface area contributed by atoms with Crippen LogP contribution in [-0.2, 0) is 0 Å². The second kappa shape index (κ2) is 7.84. The summed E-state index contributed by atoms with van der Waals surface area (Å²) in [6.07, 6.45) is 8.35. The summed E-state index contributed by atoms with van der Waals surface area (Å²) in [4.78, 5) is 12.6. The molecule has 1 aromatic heterocycles. The number of aromatic nitrogens is 3. The van der Waals surface area contributed by atoms with Gasteiger partial charge in [-0.05, 0) is 19.3 Å². The quantitative estimate of drug-likeness (QED) is 0.417. The van der Waals surface area contributed by atoms with Crippen molar-refractivity contribution in [1.29, 1.82) is 0 Å². The molecule has 0 amide bonds. The Morgan fingerprint density at radius 1 is 1.10 bits per heavy atom. The summed E-state index contributed by atoms with van der Waals surface area (Å²) < 4.78 is 5.45. The maximum Gasteiger partial charge on any atom is 0.323 e. The molecule has 0 bridgehead atoms. The monoisotopic (exact) mass is 280 g/mol. The lowest BCUT2D eigenvalue weighted by atomic mass is 10.1. The van der Waals surface area contributed by atoms with Gasteiger partial charge in [-0.15, -0.1) is 0 Å². The van der Waals surface area contributed by atoms with Crippen molar-refractivity contribution in [2.75, 3.05) is 17.3 Å². The maximum absolute atomic E-state index is 5.45. The molecule has 1 aromatic rings. The summed E-state index contributed by atoms with van der Waals surface area (Å²) in [6.45, 7) is 2.62. The van der Waals surface area contributed by atoms with Crippen molar-refractivity contribution < 1.29 is 4.74 Å². The van der Waals surface area contributed by atoms with Crippen molar-refractivity contribution in [2.45, 2.75) is 57.9 Å². The summed E-state index contributed by atoms with van der Waals surface area (Å²) in [5, 5.41) is 3.37. The minimum absolute atomic E-state index is 0.311. The normalized spacial score (nSPS) is 16.5. The largest absolute Gasteiger partial charge is 0.463 e. The van der Waals surface area contributed by atoms with Gasteiger partial charge in [0.1, 0.15) is 0 Å². The molecule has 0 radical (unpaired) electrons. The average molecular weight is 280 g/mol. The van der Waals surface area contributed by atoms with E-state index in [2.05, 4.69) is 25.7 Å². The zero-order valence-corrected chi connectivity index (χ0v) is 12.1. The van der Waals surface area contributed by atoms with Crippen LogP contribution in [0.1, 0.15) is 51.9 Å². The molecule has 1 heterocycles. The zero-order valence-electron chi connectivity index (χ0n) is 12.1. The second-order valence-electron chi connectivity index (χ2n) is 5.09.